The summed E-state index contributed by atoms with van der Waals surface area (Å²) in [5.41, 5.74) is 2.52. The maximum Gasteiger partial charge on any atom is 0.191 e. The number of ether oxygens (including phenoxy) is 1. The molecule has 0 fully saturated rings. The van der Waals surface area contributed by atoms with Gasteiger partial charge in [0, 0.05) is 25.2 Å². The van der Waals surface area contributed by atoms with Gasteiger partial charge in [0.15, 0.2) is 17.4 Å². The zero-order chi connectivity index (χ0) is 22.6. The van der Waals surface area contributed by atoms with Crippen molar-refractivity contribution in [3.63, 3.8) is 0 Å². The Balaban J connectivity index is 0.000000735. The van der Waals surface area contributed by atoms with E-state index in [1.807, 2.05) is 26.0 Å². The van der Waals surface area contributed by atoms with E-state index in [-0.39, 0.29) is 18.7 Å². The molecule has 0 saturated heterocycles. The first-order valence-electron chi connectivity index (χ1n) is 10.1. The summed E-state index contributed by atoms with van der Waals surface area (Å²) in [4.78, 5) is 1.22. The summed E-state index contributed by atoms with van der Waals surface area (Å²) in [6, 6.07) is 6.13. The van der Waals surface area contributed by atoms with Gasteiger partial charge >= 0.3 is 0 Å². The molecule has 0 aliphatic carbocycles. The van der Waals surface area contributed by atoms with Crippen LogP contribution in [-0.4, -0.2) is 32.3 Å². The highest BCUT2D eigenvalue weighted by Gasteiger charge is 2.24. The predicted molar refractivity (Wildman–Crippen MR) is 115 cm³/mol. The van der Waals surface area contributed by atoms with Gasteiger partial charge in [-0.1, -0.05) is 32.9 Å². The zero-order valence-corrected chi connectivity index (χ0v) is 18.8. The van der Waals surface area contributed by atoms with E-state index >= 15 is 0 Å². The molecule has 0 atom stereocenters. The lowest BCUT2D eigenvalue weighted by atomic mass is 10.1. The van der Waals surface area contributed by atoms with Gasteiger partial charge in [-0.3, -0.25) is 0 Å². The van der Waals surface area contributed by atoms with Crippen LogP contribution in [0, 0.1) is 31.4 Å². The van der Waals surface area contributed by atoms with Crippen molar-refractivity contribution in [2.45, 2.75) is 60.5 Å². The monoisotopic (exact) mass is 419 g/mol. The van der Waals surface area contributed by atoms with E-state index in [1.165, 1.54) is 4.80 Å². The summed E-state index contributed by atoms with van der Waals surface area (Å²) in [5, 5.41) is 17.8. The van der Waals surface area contributed by atoms with Gasteiger partial charge in [0.25, 0.3) is 0 Å². The van der Waals surface area contributed by atoms with Crippen LogP contribution in [0.4, 0.5) is 8.78 Å². The first-order chi connectivity index (χ1) is 13.9. The number of benzene rings is 2. The van der Waals surface area contributed by atoms with Gasteiger partial charge in [0.2, 0.25) is 0 Å². The highest BCUT2D eigenvalue weighted by molar-refractivity contribution is 5.80. The quantitative estimate of drug-likeness (QED) is 0.592. The summed E-state index contributed by atoms with van der Waals surface area (Å²) in [6.07, 6.45) is 0.248. The lowest BCUT2D eigenvalue weighted by Crippen LogP contribution is -2.30. The average Bonchev–Trinajstić information content (AvgIpc) is 3.07. The number of hydrogen-bond acceptors (Lipinski definition) is 4. The first-order valence-corrected chi connectivity index (χ1v) is 10.1. The second kappa shape index (κ2) is 9.51. The molecule has 2 aromatic carbocycles. The van der Waals surface area contributed by atoms with Crippen molar-refractivity contribution >= 4 is 11.0 Å². The summed E-state index contributed by atoms with van der Waals surface area (Å²) < 4.78 is 34.4. The lowest BCUT2D eigenvalue weighted by molar-refractivity contribution is 0.0676. The van der Waals surface area contributed by atoms with Gasteiger partial charge in [-0.15, -0.1) is 10.2 Å². The molecule has 0 radical (unpaired) electrons. The Hall–Kier alpha value is -2.54. The van der Waals surface area contributed by atoms with E-state index in [0.29, 0.717) is 11.0 Å². The molecule has 1 N–H and O–H groups in total. The standard InChI is InChI=1S/C19H21F2N3O2.C4H10/c1-11-5-6-12(2)17-16(11)22-24(23-17)13-9-14(20)18(15(21)10-13)26-19(3,4)7-8-25;1-4(2)3/h5-6,9-10,25H,7-8H2,1-4H3;4H,1-3H3. The second-order valence-electron chi connectivity index (χ2n) is 8.69. The van der Waals surface area contributed by atoms with Crippen LogP contribution in [-0.2, 0) is 0 Å². The molecule has 3 aromatic rings. The van der Waals surface area contributed by atoms with Gasteiger partial charge in [0.05, 0.1) is 5.69 Å². The smallest absolute Gasteiger partial charge is 0.191 e. The normalized spacial score (nSPS) is 11.6. The molecular weight excluding hydrogens is 388 g/mol. The lowest BCUT2D eigenvalue weighted by Gasteiger charge is -2.26. The zero-order valence-electron chi connectivity index (χ0n) is 18.8. The molecule has 0 bridgehead atoms. The van der Waals surface area contributed by atoms with E-state index in [4.69, 9.17) is 9.84 Å². The third kappa shape index (κ3) is 5.75. The van der Waals surface area contributed by atoms with Crippen LogP contribution in [0.1, 0.15) is 52.2 Å². The van der Waals surface area contributed by atoms with Crippen LogP contribution in [0.5, 0.6) is 5.75 Å². The van der Waals surface area contributed by atoms with Gasteiger partial charge in [-0.2, -0.15) is 4.80 Å². The minimum absolute atomic E-state index is 0.142. The van der Waals surface area contributed by atoms with Crippen LogP contribution in [0.2, 0.25) is 0 Å². The maximum atomic E-state index is 14.5. The number of nitrogens with zero attached hydrogens (tertiary/aromatic N) is 3. The number of aryl methyl sites for hydroxylation is 2. The van der Waals surface area contributed by atoms with Crippen LogP contribution in [0.25, 0.3) is 16.7 Å². The Kier molecular flexibility index (Phi) is 7.53. The maximum absolute atomic E-state index is 14.5. The van der Waals surface area contributed by atoms with Crippen molar-refractivity contribution in [2.75, 3.05) is 6.61 Å². The van der Waals surface area contributed by atoms with Gasteiger partial charge < -0.3 is 9.84 Å². The van der Waals surface area contributed by atoms with Crippen molar-refractivity contribution in [3.8, 4) is 11.4 Å². The van der Waals surface area contributed by atoms with E-state index in [9.17, 15) is 8.78 Å². The van der Waals surface area contributed by atoms with Crippen LogP contribution in [0.3, 0.4) is 0 Å². The Morgan fingerprint density at radius 3 is 1.83 bits per heavy atom. The molecule has 1 aromatic heterocycles. The number of aromatic nitrogens is 3. The van der Waals surface area contributed by atoms with Crippen LogP contribution in [0.15, 0.2) is 24.3 Å². The average molecular weight is 420 g/mol. The number of aliphatic hydroxyl groups excluding tert-OH is 1. The molecule has 30 heavy (non-hydrogen) atoms. The Labute approximate surface area is 176 Å². The first kappa shape index (κ1) is 23.7. The molecule has 0 unspecified atom stereocenters. The van der Waals surface area contributed by atoms with Crippen molar-refractivity contribution < 1.29 is 18.6 Å². The highest BCUT2D eigenvalue weighted by Crippen LogP contribution is 2.30. The summed E-state index contributed by atoms with van der Waals surface area (Å²) in [7, 11) is 0. The molecule has 3 rings (SSSR count). The molecule has 7 heteroatoms. The third-order valence-corrected chi connectivity index (χ3v) is 4.25. The number of fused-ring (bicyclic) bond motifs is 1. The van der Waals surface area contributed by atoms with Crippen molar-refractivity contribution in [1.82, 2.24) is 15.0 Å². The Morgan fingerprint density at radius 2 is 1.43 bits per heavy atom. The molecule has 1 heterocycles. The fraction of sp³-hybridized carbons (Fsp3) is 0.478. The van der Waals surface area contributed by atoms with E-state index in [1.54, 1.807) is 13.8 Å². The van der Waals surface area contributed by atoms with E-state index in [0.717, 1.165) is 29.2 Å². The van der Waals surface area contributed by atoms with E-state index in [2.05, 4.69) is 31.0 Å². The van der Waals surface area contributed by atoms with E-state index < -0.39 is 23.0 Å². The van der Waals surface area contributed by atoms with Gasteiger partial charge in [-0.25, -0.2) is 8.78 Å². The molecule has 164 valence electrons. The number of rotatable bonds is 5. The molecule has 0 amide bonds. The number of hydrogen-bond donors (Lipinski definition) is 1. The van der Waals surface area contributed by atoms with Crippen molar-refractivity contribution in [2.24, 2.45) is 5.92 Å². The van der Waals surface area contributed by atoms with Crippen LogP contribution < -0.4 is 4.74 Å². The highest BCUT2D eigenvalue weighted by atomic mass is 19.1. The summed E-state index contributed by atoms with van der Waals surface area (Å²) in [6.45, 7) is 13.5. The predicted octanol–water partition coefficient (Wildman–Crippen LogP) is 5.52. The fourth-order valence-electron chi connectivity index (χ4n) is 2.72. The van der Waals surface area contributed by atoms with Crippen molar-refractivity contribution in [1.29, 1.82) is 0 Å². The van der Waals surface area contributed by atoms with Gasteiger partial charge in [-0.05, 0) is 44.7 Å². The number of aliphatic hydroxyl groups is 1. The second-order valence-corrected chi connectivity index (χ2v) is 8.69. The minimum atomic E-state index is -0.898. The molecule has 5 nitrogen and oxygen atoms in total. The topological polar surface area (TPSA) is 60.2 Å². The fourth-order valence-corrected chi connectivity index (χ4v) is 2.72. The molecule has 0 aliphatic rings. The number of halogens is 2. The molecule has 0 spiro atoms. The molecule has 0 aliphatic heterocycles. The minimum Gasteiger partial charge on any atom is -0.482 e. The summed E-state index contributed by atoms with van der Waals surface area (Å²) >= 11 is 0. The Bertz CT molecular complexity index is 948. The Morgan fingerprint density at radius 1 is 1.00 bits per heavy atom. The van der Waals surface area contributed by atoms with Gasteiger partial charge in [0.1, 0.15) is 16.6 Å². The summed E-state index contributed by atoms with van der Waals surface area (Å²) in [5.74, 6) is -1.34. The van der Waals surface area contributed by atoms with Crippen LogP contribution >= 0.6 is 0 Å². The molecular formula is C23H31F2N3O2. The largest absolute Gasteiger partial charge is 0.482 e. The third-order valence-electron chi connectivity index (χ3n) is 4.25. The molecule has 0 saturated carbocycles. The SMILES string of the molecule is CC(C)C.Cc1ccc(C)c2nn(-c3cc(F)c(OC(C)(C)CCO)c(F)c3)nc12. The van der Waals surface area contributed by atoms with Crippen molar-refractivity contribution in [3.05, 3.63) is 47.0 Å².